The van der Waals surface area contributed by atoms with Crippen LogP contribution in [0.15, 0.2) is 53.1 Å². The third kappa shape index (κ3) is 6.15. The summed E-state index contributed by atoms with van der Waals surface area (Å²) < 4.78 is 8.83. The van der Waals surface area contributed by atoms with E-state index in [4.69, 9.17) is 4.74 Å². The van der Waals surface area contributed by atoms with Crippen LogP contribution >= 0.6 is 15.9 Å². The molecule has 2 aromatic carbocycles. The van der Waals surface area contributed by atoms with Crippen LogP contribution in [0, 0.1) is 0 Å². The number of likely N-dealkylation sites (tertiary alicyclic amines) is 1. The van der Waals surface area contributed by atoms with Crippen molar-refractivity contribution >= 4 is 27.5 Å². The van der Waals surface area contributed by atoms with Gasteiger partial charge >= 0.3 is 0 Å². The van der Waals surface area contributed by atoms with Crippen molar-refractivity contribution in [3.63, 3.8) is 0 Å². The van der Waals surface area contributed by atoms with Crippen molar-refractivity contribution in [3.05, 3.63) is 58.7 Å². The summed E-state index contributed by atoms with van der Waals surface area (Å²) in [5.74, 6) is 0.918. The van der Waals surface area contributed by atoms with E-state index in [-0.39, 0.29) is 11.7 Å². The minimum absolute atomic E-state index is 0.0687. The van der Waals surface area contributed by atoms with Gasteiger partial charge in [-0.15, -0.1) is 0 Å². The third-order valence-corrected chi connectivity index (χ3v) is 6.43. The molecule has 0 unspecified atom stereocenters. The number of hydrogen-bond donors (Lipinski definition) is 2. The van der Waals surface area contributed by atoms with Crippen LogP contribution in [-0.2, 0) is 18.3 Å². The molecule has 4 rings (SSSR count). The molecule has 0 atom stereocenters. The highest BCUT2D eigenvalue weighted by Gasteiger charge is 2.17. The fourth-order valence-electron chi connectivity index (χ4n) is 4.07. The van der Waals surface area contributed by atoms with E-state index in [1.54, 1.807) is 23.0 Å². The largest absolute Gasteiger partial charge is 0.508 e. The predicted octanol–water partition coefficient (Wildman–Crippen LogP) is 4.60. The van der Waals surface area contributed by atoms with Crippen LogP contribution in [0.2, 0.25) is 0 Å². The Morgan fingerprint density at radius 2 is 1.94 bits per heavy atom. The van der Waals surface area contributed by atoms with Gasteiger partial charge in [-0.2, -0.15) is 5.10 Å². The molecule has 1 aliphatic rings. The number of nitrogens with zero attached hydrogens (tertiary/aromatic N) is 3. The molecule has 0 radical (unpaired) electrons. The molecule has 7 nitrogen and oxygen atoms in total. The van der Waals surface area contributed by atoms with E-state index in [1.807, 2.05) is 37.4 Å². The van der Waals surface area contributed by atoms with Gasteiger partial charge in [0.1, 0.15) is 18.1 Å². The summed E-state index contributed by atoms with van der Waals surface area (Å²) in [6.07, 6.45) is 5.22. The number of aromatic hydroxyl groups is 1. The number of carbonyl (C=O) groups is 1. The molecular formula is C25H29BrN4O3. The van der Waals surface area contributed by atoms with E-state index in [0.717, 1.165) is 46.7 Å². The zero-order valence-electron chi connectivity index (χ0n) is 18.8. The van der Waals surface area contributed by atoms with Crippen molar-refractivity contribution in [3.8, 4) is 22.8 Å². The molecule has 8 heteroatoms. The summed E-state index contributed by atoms with van der Waals surface area (Å²) in [6, 6.07) is 12.6. The number of rotatable bonds is 9. The Labute approximate surface area is 202 Å². The lowest BCUT2D eigenvalue weighted by Crippen LogP contribution is -2.25. The zero-order chi connectivity index (χ0) is 23.2. The van der Waals surface area contributed by atoms with Crippen LogP contribution in [0.5, 0.6) is 11.5 Å². The van der Waals surface area contributed by atoms with Gasteiger partial charge in [0, 0.05) is 31.3 Å². The second-order valence-corrected chi connectivity index (χ2v) is 9.14. The highest BCUT2D eigenvalue weighted by atomic mass is 79.9. The molecule has 33 heavy (non-hydrogen) atoms. The summed E-state index contributed by atoms with van der Waals surface area (Å²) in [5.41, 5.74) is 3.48. The molecule has 174 valence electrons. The standard InChI is InChI=1S/C25H29BrN4O3/c1-29-25(22(26)17-27-29)21-16-19(7-10-23(21)33-15-14-30-12-2-3-13-30)28-24(32)11-6-18-4-8-20(31)9-5-18/h4-5,7-10,16-17,31H,2-3,6,11-15H2,1H3,(H,28,32). The normalized spacial score (nSPS) is 13.9. The molecule has 3 aromatic rings. The van der Waals surface area contributed by atoms with E-state index in [1.165, 1.54) is 12.8 Å². The maximum absolute atomic E-state index is 12.6. The smallest absolute Gasteiger partial charge is 0.224 e. The lowest BCUT2D eigenvalue weighted by atomic mass is 10.1. The number of halogens is 1. The SMILES string of the molecule is Cn1ncc(Br)c1-c1cc(NC(=O)CCc2ccc(O)cc2)ccc1OCCN1CCCC1. The number of aryl methyl sites for hydroxylation is 2. The predicted molar refractivity (Wildman–Crippen MR) is 133 cm³/mol. The Balaban J connectivity index is 1.46. The zero-order valence-corrected chi connectivity index (χ0v) is 20.3. The summed E-state index contributed by atoms with van der Waals surface area (Å²) in [6.45, 7) is 3.79. The molecule has 0 bridgehead atoms. The monoisotopic (exact) mass is 512 g/mol. The maximum atomic E-state index is 12.6. The van der Waals surface area contributed by atoms with E-state index < -0.39 is 0 Å². The minimum atomic E-state index is -0.0687. The molecule has 0 saturated carbocycles. The number of nitrogens with one attached hydrogen (secondary N) is 1. The summed E-state index contributed by atoms with van der Waals surface area (Å²) >= 11 is 3.59. The Hall–Kier alpha value is -2.84. The van der Waals surface area contributed by atoms with Crippen LogP contribution in [-0.4, -0.2) is 51.9 Å². The summed E-state index contributed by atoms with van der Waals surface area (Å²) in [7, 11) is 1.89. The van der Waals surface area contributed by atoms with Gasteiger partial charge in [-0.1, -0.05) is 12.1 Å². The van der Waals surface area contributed by atoms with E-state index in [0.29, 0.717) is 25.1 Å². The number of hydrogen-bond acceptors (Lipinski definition) is 5. The fraction of sp³-hybridized carbons (Fsp3) is 0.360. The van der Waals surface area contributed by atoms with Crippen LogP contribution in [0.25, 0.3) is 11.3 Å². The van der Waals surface area contributed by atoms with Gasteiger partial charge < -0.3 is 15.2 Å². The van der Waals surface area contributed by atoms with E-state index in [2.05, 4.69) is 31.2 Å². The minimum Gasteiger partial charge on any atom is -0.508 e. The van der Waals surface area contributed by atoms with Crippen molar-refractivity contribution in [1.29, 1.82) is 0 Å². The fourth-order valence-corrected chi connectivity index (χ4v) is 4.63. The van der Waals surface area contributed by atoms with Gasteiger partial charge in [-0.05, 0) is 84.2 Å². The first-order valence-corrected chi connectivity index (χ1v) is 12.0. The van der Waals surface area contributed by atoms with Crippen LogP contribution in [0.1, 0.15) is 24.8 Å². The van der Waals surface area contributed by atoms with Gasteiger partial charge in [-0.25, -0.2) is 0 Å². The number of carbonyl (C=O) groups excluding carboxylic acids is 1. The van der Waals surface area contributed by atoms with Gasteiger partial charge in [0.15, 0.2) is 0 Å². The first kappa shape index (κ1) is 23.3. The molecular weight excluding hydrogens is 484 g/mol. The maximum Gasteiger partial charge on any atom is 0.224 e. The van der Waals surface area contributed by atoms with E-state index >= 15 is 0 Å². The second-order valence-electron chi connectivity index (χ2n) is 8.29. The van der Waals surface area contributed by atoms with Gasteiger partial charge in [-0.3, -0.25) is 14.4 Å². The average molecular weight is 513 g/mol. The lowest BCUT2D eigenvalue weighted by molar-refractivity contribution is -0.116. The molecule has 1 fully saturated rings. The van der Waals surface area contributed by atoms with Crippen molar-refractivity contribution in [2.45, 2.75) is 25.7 Å². The average Bonchev–Trinajstić information content (AvgIpc) is 3.44. The number of phenolic OH excluding ortho intramolecular Hbond substituents is 1. The first-order valence-electron chi connectivity index (χ1n) is 11.2. The number of phenols is 1. The molecule has 2 N–H and O–H groups in total. The van der Waals surface area contributed by atoms with Crippen molar-refractivity contribution in [2.75, 3.05) is 31.6 Å². The number of aromatic nitrogens is 2. The highest BCUT2D eigenvalue weighted by molar-refractivity contribution is 9.10. The van der Waals surface area contributed by atoms with Gasteiger partial charge in [0.25, 0.3) is 0 Å². The molecule has 1 amide bonds. The Bertz CT molecular complexity index is 1070. The number of benzene rings is 2. The van der Waals surface area contributed by atoms with Crippen molar-refractivity contribution in [1.82, 2.24) is 14.7 Å². The highest BCUT2D eigenvalue weighted by Crippen LogP contribution is 2.36. The van der Waals surface area contributed by atoms with Gasteiger partial charge in [0.2, 0.25) is 5.91 Å². The van der Waals surface area contributed by atoms with Crippen LogP contribution in [0.4, 0.5) is 5.69 Å². The lowest BCUT2D eigenvalue weighted by Gasteiger charge is -2.18. The number of amides is 1. The first-order chi connectivity index (χ1) is 16.0. The van der Waals surface area contributed by atoms with Crippen molar-refractivity contribution in [2.24, 2.45) is 7.05 Å². The molecule has 1 aromatic heterocycles. The van der Waals surface area contributed by atoms with Gasteiger partial charge in [0.05, 0.1) is 16.4 Å². The summed E-state index contributed by atoms with van der Waals surface area (Å²) in [4.78, 5) is 15.0. The Morgan fingerprint density at radius 3 is 2.64 bits per heavy atom. The Morgan fingerprint density at radius 1 is 1.18 bits per heavy atom. The number of ether oxygens (including phenoxy) is 1. The quantitative estimate of drug-likeness (QED) is 0.437. The van der Waals surface area contributed by atoms with Crippen LogP contribution < -0.4 is 10.1 Å². The molecule has 1 aliphatic heterocycles. The molecule has 2 heterocycles. The van der Waals surface area contributed by atoms with Crippen LogP contribution in [0.3, 0.4) is 0 Å². The third-order valence-electron chi connectivity index (χ3n) is 5.85. The number of anilines is 1. The van der Waals surface area contributed by atoms with Crippen molar-refractivity contribution < 1.29 is 14.6 Å². The van der Waals surface area contributed by atoms with E-state index in [9.17, 15) is 9.90 Å². The topological polar surface area (TPSA) is 79.6 Å². The molecule has 0 spiro atoms. The molecule has 0 aliphatic carbocycles. The second kappa shape index (κ2) is 10.9. The molecule has 1 saturated heterocycles. The summed E-state index contributed by atoms with van der Waals surface area (Å²) in [5, 5.41) is 16.7. The Kier molecular flexibility index (Phi) is 7.67.